The highest BCUT2D eigenvalue weighted by Crippen LogP contribution is 2.31. The Hall–Kier alpha value is -1.76. The quantitative estimate of drug-likeness (QED) is 0.807. The van der Waals surface area contributed by atoms with Crippen LogP contribution in [0.4, 0.5) is 0 Å². The predicted octanol–water partition coefficient (Wildman–Crippen LogP) is 4.06. The van der Waals surface area contributed by atoms with Gasteiger partial charge in [-0.3, -0.25) is 4.79 Å². The molecule has 0 radical (unpaired) electrons. The topological polar surface area (TPSA) is 81.2 Å². The molecule has 3 rings (SSSR count). The van der Waals surface area contributed by atoms with Crippen LogP contribution < -0.4 is 5.32 Å². The van der Waals surface area contributed by atoms with E-state index in [1.165, 1.54) is 24.6 Å². The molecular formula is C18H25N3O3S. The van der Waals surface area contributed by atoms with Gasteiger partial charge in [0.1, 0.15) is 5.76 Å². The molecule has 0 unspecified atom stereocenters. The second kappa shape index (κ2) is 7.64. The SMILES string of the molecule is Cc1occc1-c1nnc(S[C@H](C)C(=O)N[C@H]2CCC[C@H](C)[C@@H]2C)o1. The van der Waals surface area contributed by atoms with Crippen molar-refractivity contribution >= 4 is 17.7 Å². The van der Waals surface area contributed by atoms with Crippen molar-refractivity contribution in [1.29, 1.82) is 0 Å². The van der Waals surface area contributed by atoms with E-state index < -0.39 is 0 Å². The predicted molar refractivity (Wildman–Crippen MR) is 96.2 cm³/mol. The number of amides is 1. The zero-order chi connectivity index (χ0) is 18.0. The van der Waals surface area contributed by atoms with Crippen LogP contribution in [-0.4, -0.2) is 27.4 Å². The number of carbonyl (C=O) groups excluding carboxylic acids is 1. The van der Waals surface area contributed by atoms with Crippen LogP contribution in [0.3, 0.4) is 0 Å². The molecular weight excluding hydrogens is 338 g/mol. The first-order valence-corrected chi connectivity index (χ1v) is 9.68. The number of aromatic nitrogens is 2. The van der Waals surface area contributed by atoms with Gasteiger partial charge in [0, 0.05) is 6.04 Å². The number of hydrogen-bond donors (Lipinski definition) is 1. The van der Waals surface area contributed by atoms with Crippen LogP contribution in [0.15, 0.2) is 26.4 Å². The molecule has 0 spiro atoms. The van der Waals surface area contributed by atoms with Crippen LogP contribution in [0.5, 0.6) is 0 Å². The van der Waals surface area contributed by atoms with Crippen LogP contribution in [0.25, 0.3) is 11.5 Å². The van der Waals surface area contributed by atoms with Gasteiger partial charge < -0.3 is 14.2 Å². The molecule has 0 aromatic carbocycles. The van der Waals surface area contributed by atoms with Gasteiger partial charge in [0.2, 0.25) is 5.91 Å². The van der Waals surface area contributed by atoms with Gasteiger partial charge in [-0.05, 0) is 38.2 Å². The van der Waals surface area contributed by atoms with E-state index in [0.29, 0.717) is 22.9 Å². The number of rotatable bonds is 5. The fourth-order valence-electron chi connectivity index (χ4n) is 3.26. The van der Waals surface area contributed by atoms with Crippen LogP contribution in [0, 0.1) is 18.8 Å². The lowest BCUT2D eigenvalue weighted by Crippen LogP contribution is -2.46. The number of furan rings is 1. The number of aryl methyl sites for hydroxylation is 1. The van der Waals surface area contributed by atoms with Crippen LogP contribution >= 0.6 is 11.8 Å². The summed E-state index contributed by atoms with van der Waals surface area (Å²) >= 11 is 1.28. The monoisotopic (exact) mass is 363 g/mol. The summed E-state index contributed by atoms with van der Waals surface area (Å²) in [5.74, 6) is 2.32. The fourth-order valence-corrected chi connectivity index (χ4v) is 3.96. The molecule has 2 aromatic heterocycles. The fraction of sp³-hybridized carbons (Fsp3) is 0.611. The van der Waals surface area contributed by atoms with E-state index in [-0.39, 0.29) is 17.2 Å². The minimum Gasteiger partial charge on any atom is -0.469 e. The van der Waals surface area contributed by atoms with E-state index in [1.807, 2.05) is 13.8 Å². The Balaban J connectivity index is 1.58. The first kappa shape index (κ1) is 18.0. The molecule has 2 heterocycles. The molecule has 0 aliphatic heterocycles. The van der Waals surface area contributed by atoms with E-state index in [4.69, 9.17) is 8.83 Å². The first-order chi connectivity index (χ1) is 12.0. The first-order valence-electron chi connectivity index (χ1n) is 8.80. The molecule has 1 N–H and O–H groups in total. The van der Waals surface area contributed by atoms with E-state index in [0.717, 1.165) is 17.7 Å². The number of nitrogens with zero attached hydrogens (tertiary/aromatic N) is 2. The molecule has 0 saturated heterocycles. The van der Waals surface area contributed by atoms with Crippen LogP contribution in [0.2, 0.25) is 0 Å². The lowest BCUT2D eigenvalue weighted by atomic mass is 9.78. The van der Waals surface area contributed by atoms with Gasteiger partial charge in [-0.25, -0.2) is 0 Å². The maximum Gasteiger partial charge on any atom is 0.277 e. The highest BCUT2D eigenvalue weighted by atomic mass is 32.2. The summed E-state index contributed by atoms with van der Waals surface area (Å²) in [6, 6.07) is 2.05. The molecule has 1 amide bonds. The summed E-state index contributed by atoms with van der Waals surface area (Å²) in [4.78, 5) is 12.5. The lowest BCUT2D eigenvalue weighted by Gasteiger charge is -2.35. The minimum atomic E-state index is -0.289. The third kappa shape index (κ3) is 4.08. The van der Waals surface area contributed by atoms with Crippen LogP contribution in [-0.2, 0) is 4.79 Å². The van der Waals surface area contributed by atoms with Crippen LogP contribution in [0.1, 0.15) is 45.8 Å². The highest BCUT2D eigenvalue weighted by molar-refractivity contribution is 8.00. The molecule has 1 aliphatic carbocycles. The third-order valence-corrected chi connectivity index (χ3v) is 6.11. The van der Waals surface area contributed by atoms with Crippen molar-refractivity contribution in [1.82, 2.24) is 15.5 Å². The van der Waals surface area contributed by atoms with Gasteiger partial charge in [0.15, 0.2) is 0 Å². The van der Waals surface area contributed by atoms with Gasteiger partial charge in [-0.1, -0.05) is 38.5 Å². The van der Waals surface area contributed by atoms with Crippen molar-refractivity contribution in [2.75, 3.05) is 0 Å². The smallest absolute Gasteiger partial charge is 0.277 e. The Morgan fingerprint density at radius 3 is 2.88 bits per heavy atom. The zero-order valence-corrected chi connectivity index (χ0v) is 15.9. The maximum absolute atomic E-state index is 12.5. The van der Waals surface area contributed by atoms with E-state index in [9.17, 15) is 4.79 Å². The van der Waals surface area contributed by atoms with Gasteiger partial charge in [-0.15, -0.1) is 10.2 Å². The van der Waals surface area contributed by atoms with Crippen molar-refractivity contribution < 1.29 is 13.6 Å². The number of carbonyl (C=O) groups is 1. The van der Waals surface area contributed by atoms with Crippen molar-refractivity contribution in [3.05, 3.63) is 18.1 Å². The average Bonchev–Trinajstić information content (AvgIpc) is 3.20. The van der Waals surface area contributed by atoms with E-state index in [1.54, 1.807) is 12.3 Å². The number of nitrogens with one attached hydrogen (secondary N) is 1. The largest absolute Gasteiger partial charge is 0.469 e. The number of hydrogen-bond acceptors (Lipinski definition) is 6. The van der Waals surface area contributed by atoms with Gasteiger partial charge >= 0.3 is 0 Å². The molecule has 25 heavy (non-hydrogen) atoms. The molecule has 7 heteroatoms. The minimum absolute atomic E-state index is 0.0233. The van der Waals surface area contributed by atoms with Gasteiger partial charge in [-0.2, -0.15) is 0 Å². The summed E-state index contributed by atoms with van der Waals surface area (Å²) < 4.78 is 10.9. The maximum atomic E-state index is 12.5. The lowest BCUT2D eigenvalue weighted by molar-refractivity contribution is -0.121. The van der Waals surface area contributed by atoms with E-state index >= 15 is 0 Å². The van der Waals surface area contributed by atoms with E-state index in [2.05, 4.69) is 29.4 Å². The van der Waals surface area contributed by atoms with Gasteiger partial charge in [0.25, 0.3) is 11.1 Å². The Morgan fingerprint density at radius 2 is 2.16 bits per heavy atom. The molecule has 1 fully saturated rings. The van der Waals surface area contributed by atoms with Crippen molar-refractivity contribution in [3.8, 4) is 11.5 Å². The second-order valence-electron chi connectivity index (χ2n) is 6.91. The Bertz CT molecular complexity index is 727. The molecule has 4 atom stereocenters. The Morgan fingerprint density at radius 1 is 1.36 bits per heavy atom. The average molecular weight is 363 g/mol. The molecule has 6 nitrogen and oxygen atoms in total. The summed E-state index contributed by atoms with van der Waals surface area (Å²) in [6.07, 6.45) is 5.06. The van der Waals surface area contributed by atoms with Crippen molar-refractivity contribution in [3.63, 3.8) is 0 Å². The molecule has 1 saturated carbocycles. The molecule has 136 valence electrons. The Labute approximate surface area is 152 Å². The molecule has 0 bridgehead atoms. The summed E-state index contributed by atoms with van der Waals surface area (Å²) in [5.41, 5.74) is 0.779. The standard InChI is InChI=1S/C18H25N3O3S/c1-10-6-5-7-15(11(10)2)19-16(22)13(4)25-18-21-20-17(24-18)14-8-9-23-12(14)3/h8-11,13,15H,5-7H2,1-4H3,(H,19,22)/t10-,11-,13+,15-/m0/s1. The summed E-state index contributed by atoms with van der Waals surface area (Å²) in [7, 11) is 0. The molecule has 1 aliphatic rings. The second-order valence-corrected chi connectivity index (χ2v) is 8.20. The normalized spacial score (nSPS) is 24.9. The van der Waals surface area contributed by atoms with Crippen molar-refractivity contribution in [2.45, 2.75) is 63.5 Å². The number of thioether (sulfide) groups is 1. The summed E-state index contributed by atoms with van der Waals surface area (Å²) in [6.45, 7) is 8.20. The van der Waals surface area contributed by atoms with Crippen molar-refractivity contribution in [2.24, 2.45) is 11.8 Å². The van der Waals surface area contributed by atoms with Gasteiger partial charge in [0.05, 0.1) is 17.1 Å². The third-order valence-electron chi connectivity index (χ3n) is 5.18. The summed E-state index contributed by atoms with van der Waals surface area (Å²) in [5, 5.41) is 11.4. The Kier molecular flexibility index (Phi) is 5.51. The molecule has 2 aromatic rings. The zero-order valence-electron chi connectivity index (χ0n) is 15.1. The highest BCUT2D eigenvalue weighted by Gasteiger charge is 2.30.